The summed E-state index contributed by atoms with van der Waals surface area (Å²) in [4.78, 5) is 19.5. The topological polar surface area (TPSA) is 55.0 Å². The number of nitrogens with zero attached hydrogens (tertiary/aromatic N) is 1. The summed E-state index contributed by atoms with van der Waals surface area (Å²) in [6.07, 6.45) is 4.36. The predicted molar refractivity (Wildman–Crippen MR) is 82.7 cm³/mol. The first kappa shape index (κ1) is 13.9. The molecule has 1 heterocycles. The minimum absolute atomic E-state index is 0.0584. The van der Waals surface area contributed by atoms with Gasteiger partial charge in [0.25, 0.3) is 5.56 Å². The molecule has 3 rings (SSSR count). The molecule has 0 saturated heterocycles. The van der Waals surface area contributed by atoms with Crippen molar-refractivity contribution < 1.29 is 4.74 Å². The van der Waals surface area contributed by atoms with Gasteiger partial charge in [-0.25, -0.2) is 4.98 Å². The number of ether oxygens (including phenoxy) is 1. The van der Waals surface area contributed by atoms with Gasteiger partial charge in [-0.05, 0) is 38.3 Å². The second kappa shape index (κ2) is 5.72. The van der Waals surface area contributed by atoms with Crippen LogP contribution >= 0.6 is 0 Å². The molecule has 1 aromatic heterocycles. The Morgan fingerprint density at radius 3 is 2.90 bits per heavy atom. The minimum Gasteiger partial charge on any atom is -0.490 e. The fourth-order valence-corrected chi connectivity index (χ4v) is 2.31. The summed E-state index contributed by atoms with van der Waals surface area (Å²) in [7, 11) is 0. The normalized spacial score (nSPS) is 14.2. The number of benzene rings is 1. The highest BCUT2D eigenvalue weighted by Crippen LogP contribution is 2.29. The van der Waals surface area contributed by atoms with E-state index >= 15 is 0 Å². The quantitative estimate of drug-likeness (QED) is 0.917. The molecule has 21 heavy (non-hydrogen) atoms. The lowest BCUT2D eigenvalue weighted by molar-refractivity contribution is 0.303. The van der Waals surface area contributed by atoms with Gasteiger partial charge in [-0.3, -0.25) is 4.79 Å². The number of rotatable bonds is 5. The van der Waals surface area contributed by atoms with Gasteiger partial charge in [-0.15, -0.1) is 0 Å². The predicted octanol–water partition coefficient (Wildman–Crippen LogP) is 3.24. The Morgan fingerprint density at radius 1 is 1.38 bits per heavy atom. The van der Waals surface area contributed by atoms with E-state index in [9.17, 15) is 4.79 Å². The summed E-state index contributed by atoms with van der Waals surface area (Å²) in [6.45, 7) is 3.88. The van der Waals surface area contributed by atoms with E-state index in [-0.39, 0.29) is 5.56 Å². The average molecular weight is 284 g/mol. The van der Waals surface area contributed by atoms with Crippen LogP contribution in [0.15, 0.2) is 29.1 Å². The van der Waals surface area contributed by atoms with Crippen LogP contribution in [0.2, 0.25) is 0 Å². The highest BCUT2D eigenvalue weighted by Gasteiger charge is 2.23. The lowest BCUT2D eigenvalue weighted by Crippen LogP contribution is -2.16. The van der Waals surface area contributed by atoms with E-state index in [0.29, 0.717) is 11.7 Å². The monoisotopic (exact) mass is 284 g/mol. The van der Waals surface area contributed by atoms with Crippen LogP contribution in [0.25, 0.3) is 11.3 Å². The Bertz CT molecular complexity index is 702. The molecule has 110 valence electrons. The molecule has 0 amide bonds. The van der Waals surface area contributed by atoms with Crippen molar-refractivity contribution in [3.63, 3.8) is 0 Å². The molecule has 1 N–H and O–H groups in total. The van der Waals surface area contributed by atoms with Crippen molar-refractivity contribution in [1.82, 2.24) is 9.97 Å². The third-order valence-electron chi connectivity index (χ3n) is 3.62. The molecule has 1 aliphatic carbocycles. The third-order valence-corrected chi connectivity index (χ3v) is 3.62. The smallest absolute Gasteiger partial charge is 0.254 e. The summed E-state index contributed by atoms with van der Waals surface area (Å²) < 4.78 is 5.82. The van der Waals surface area contributed by atoms with Crippen molar-refractivity contribution in [3.05, 3.63) is 46.0 Å². The molecule has 1 aromatic carbocycles. The maximum Gasteiger partial charge on any atom is 0.254 e. The number of H-pyrrole nitrogens is 1. The fraction of sp³-hybridized carbons (Fsp3) is 0.412. The molecule has 4 nitrogen and oxygen atoms in total. The molecule has 1 saturated carbocycles. The molecular weight excluding hydrogens is 264 g/mol. The van der Waals surface area contributed by atoms with Crippen LogP contribution in [0.5, 0.6) is 5.75 Å². The largest absolute Gasteiger partial charge is 0.490 e. The summed E-state index contributed by atoms with van der Waals surface area (Å²) in [5.74, 6) is 1.60. The molecular formula is C17H20N2O2. The first-order valence-electron chi connectivity index (χ1n) is 7.54. The second-order valence-corrected chi connectivity index (χ2v) is 5.58. The molecule has 0 bridgehead atoms. The molecule has 0 aliphatic heterocycles. The van der Waals surface area contributed by atoms with Crippen molar-refractivity contribution in [2.75, 3.05) is 0 Å². The average Bonchev–Trinajstić information content (AvgIpc) is 3.27. The van der Waals surface area contributed by atoms with Crippen molar-refractivity contribution in [2.45, 2.75) is 45.6 Å². The van der Waals surface area contributed by atoms with Crippen LogP contribution in [0.4, 0.5) is 0 Å². The molecule has 1 aliphatic rings. The minimum atomic E-state index is -0.0584. The number of aromatic amines is 1. The zero-order valence-electron chi connectivity index (χ0n) is 12.5. The lowest BCUT2D eigenvalue weighted by atomic mass is 10.1. The van der Waals surface area contributed by atoms with Gasteiger partial charge in [-0.2, -0.15) is 0 Å². The Morgan fingerprint density at radius 2 is 2.19 bits per heavy atom. The molecule has 1 fully saturated rings. The van der Waals surface area contributed by atoms with E-state index in [1.165, 1.54) is 0 Å². The zero-order chi connectivity index (χ0) is 14.8. The molecule has 4 heteroatoms. The van der Waals surface area contributed by atoms with Crippen LogP contribution in [0.1, 0.15) is 37.6 Å². The first-order valence-corrected chi connectivity index (χ1v) is 7.54. The van der Waals surface area contributed by atoms with Gasteiger partial charge in [0.05, 0.1) is 11.8 Å². The number of nitrogens with one attached hydrogen (secondary N) is 1. The van der Waals surface area contributed by atoms with Gasteiger partial charge in [0.1, 0.15) is 11.6 Å². The van der Waals surface area contributed by atoms with Gasteiger partial charge in [0.15, 0.2) is 0 Å². The number of aryl methyl sites for hydroxylation is 1. The Hall–Kier alpha value is -2.10. The van der Waals surface area contributed by atoms with Crippen molar-refractivity contribution in [3.8, 4) is 17.0 Å². The van der Waals surface area contributed by atoms with Gasteiger partial charge in [0, 0.05) is 17.5 Å². The Balaban J connectivity index is 2.00. The zero-order valence-corrected chi connectivity index (χ0v) is 12.5. The van der Waals surface area contributed by atoms with Crippen molar-refractivity contribution in [2.24, 2.45) is 0 Å². The van der Waals surface area contributed by atoms with Crippen LogP contribution in [-0.4, -0.2) is 16.1 Å². The molecule has 0 unspecified atom stereocenters. The van der Waals surface area contributed by atoms with Gasteiger partial charge >= 0.3 is 0 Å². The van der Waals surface area contributed by atoms with E-state index in [1.807, 2.05) is 31.2 Å². The maximum atomic E-state index is 12.1. The number of hydrogen-bond donors (Lipinski definition) is 1. The summed E-state index contributed by atoms with van der Waals surface area (Å²) in [5.41, 5.74) is 2.29. The second-order valence-electron chi connectivity index (χ2n) is 5.58. The number of aromatic nitrogens is 2. The Kier molecular flexibility index (Phi) is 3.78. The van der Waals surface area contributed by atoms with Crippen LogP contribution < -0.4 is 10.3 Å². The van der Waals surface area contributed by atoms with Gasteiger partial charge < -0.3 is 9.72 Å². The van der Waals surface area contributed by atoms with E-state index < -0.39 is 0 Å². The fourth-order valence-electron chi connectivity index (χ4n) is 2.31. The third kappa shape index (κ3) is 3.15. The maximum absolute atomic E-state index is 12.1. The molecule has 0 atom stereocenters. The standard InChI is InChI=1S/C17H20N2O2/c1-3-5-15-18-16(11(2)17(20)19-15)12-6-4-7-14(10-12)21-13-8-9-13/h4,6-7,10,13H,3,5,8-9H2,1-2H3,(H,18,19,20). The van der Waals surface area contributed by atoms with E-state index in [1.54, 1.807) is 0 Å². The van der Waals surface area contributed by atoms with E-state index in [0.717, 1.165) is 48.5 Å². The highest BCUT2D eigenvalue weighted by molar-refractivity contribution is 5.64. The molecule has 0 spiro atoms. The SMILES string of the molecule is CCCc1nc(-c2cccc(OC3CC3)c2)c(C)c(=O)[nH]1. The van der Waals surface area contributed by atoms with Crippen molar-refractivity contribution >= 4 is 0 Å². The number of hydrogen-bond acceptors (Lipinski definition) is 3. The van der Waals surface area contributed by atoms with Crippen LogP contribution in [0, 0.1) is 6.92 Å². The van der Waals surface area contributed by atoms with Crippen LogP contribution in [-0.2, 0) is 6.42 Å². The molecule has 2 aromatic rings. The summed E-state index contributed by atoms with van der Waals surface area (Å²) in [6, 6.07) is 7.86. The highest BCUT2D eigenvalue weighted by atomic mass is 16.5. The van der Waals surface area contributed by atoms with Gasteiger partial charge in [-0.1, -0.05) is 19.1 Å². The van der Waals surface area contributed by atoms with Gasteiger partial charge in [0.2, 0.25) is 0 Å². The lowest BCUT2D eigenvalue weighted by Gasteiger charge is -2.10. The van der Waals surface area contributed by atoms with Crippen molar-refractivity contribution in [1.29, 1.82) is 0 Å². The summed E-state index contributed by atoms with van der Waals surface area (Å²) >= 11 is 0. The molecule has 0 radical (unpaired) electrons. The van der Waals surface area contributed by atoms with E-state index in [2.05, 4.69) is 16.9 Å². The van der Waals surface area contributed by atoms with Crippen LogP contribution in [0.3, 0.4) is 0 Å². The first-order chi connectivity index (χ1) is 10.2. The Labute approximate surface area is 124 Å². The summed E-state index contributed by atoms with van der Waals surface area (Å²) in [5, 5.41) is 0. The van der Waals surface area contributed by atoms with E-state index in [4.69, 9.17) is 4.74 Å².